The number of hydrogen-bond donors (Lipinski definition) is 2. The number of amides is 1. The summed E-state index contributed by atoms with van der Waals surface area (Å²) in [5.41, 5.74) is 6.18. The Balaban J connectivity index is 1.49. The van der Waals surface area contributed by atoms with E-state index in [1.165, 1.54) is 11.1 Å². The van der Waals surface area contributed by atoms with Gasteiger partial charge in [-0.3, -0.25) is 14.5 Å². The minimum absolute atomic E-state index is 0.143. The molecular formula is C28H31N3O3. The van der Waals surface area contributed by atoms with Gasteiger partial charge < -0.3 is 15.3 Å². The molecule has 1 fully saturated rings. The highest BCUT2D eigenvalue weighted by atomic mass is 16.4. The number of piperazine rings is 1. The van der Waals surface area contributed by atoms with Crippen molar-refractivity contribution >= 4 is 17.6 Å². The molecule has 0 spiro atoms. The molecule has 0 aliphatic carbocycles. The van der Waals surface area contributed by atoms with Gasteiger partial charge in [-0.2, -0.15) is 0 Å². The molecule has 176 valence electrons. The molecule has 0 saturated carbocycles. The first kappa shape index (κ1) is 23.7. The summed E-state index contributed by atoms with van der Waals surface area (Å²) in [6.07, 6.45) is -0.143. The van der Waals surface area contributed by atoms with Crippen LogP contribution in [0.15, 0.2) is 66.7 Å². The zero-order valence-electron chi connectivity index (χ0n) is 19.8. The zero-order valence-corrected chi connectivity index (χ0v) is 19.8. The van der Waals surface area contributed by atoms with Gasteiger partial charge in [0.15, 0.2) is 0 Å². The lowest BCUT2D eigenvalue weighted by molar-refractivity contribution is -0.136. The van der Waals surface area contributed by atoms with E-state index in [0.717, 1.165) is 43.9 Å². The molecule has 3 aromatic carbocycles. The van der Waals surface area contributed by atoms with Crippen molar-refractivity contribution < 1.29 is 14.7 Å². The molecule has 1 heterocycles. The van der Waals surface area contributed by atoms with E-state index in [0.29, 0.717) is 16.8 Å². The van der Waals surface area contributed by atoms with Crippen molar-refractivity contribution in [2.24, 2.45) is 0 Å². The van der Waals surface area contributed by atoms with Gasteiger partial charge in [0.2, 0.25) is 0 Å². The Morgan fingerprint density at radius 1 is 0.941 bits per heavy atom. The van der Waals surface area contributed by atoms with E-state index >= 15 is 0 Å². The number of aliphatic carboxylic acids is 1. The second kappa shape index (κ2) is 10.6. The first-order chi connectivity index (χ1) is 16.4. The van der Waals surface area contributed by atoms with Crippen LogP contribution in [0.25, 0.3) is 11.1 Å². The van der Waals surface area contributed by atoms with Gasteiger partial charge in [0.25, 0.3) is 5.91 Å². The SMILES string of the molecule is Cc1cc(CN2CCN(C)CC2)ccc1-c1cccc(C(=O)Nc2ccccc2CC(=O)O)c1. The molecule has 0 aromatic heterocycles. The highest BCUT2D eigenvalue weighted by molar-refractivity contribution is 6.05. The van der Waals surface area contributed by atoms with Crippen LogP contribution in [0.5, 0.6) is 0 Å². The number of carboxylic acid groups (broad SMARTS) is 1. The van der Waals surface area contributed by atoms with Gasteiger partial charge in [-0.1, -0.05) is 48.5 Å². The number of carbonyl (C=O) groups excluding carboxylic acids is 1. The Labute approximate surface area is 200 Å². The van der Waals surface area contributed by atoms with Gasteiger partial charge in [-0.25, -0.2) is 0 Å². The third-order valence-electron chi connectivity index (χ3n) is 6.34. The fourth-order valence-electron chi connectivity index (χ4n) is 4.39. The number of nitrogens with one attached hydrogen (secondary N) is 1. The molecule has 1 saturated heterocycles. The van der Waals surface area contributed by atoms with Crippen molar-refractivity contribution in [1.82, 2.24) is 9.80 Å². The van der Waals surface area contributed by atoms with Gasteiger partial charge in [0.1, 0.15) is 0 Å². The zero-order chi connectivity index (χ0) is 24.1. The second-order valence-electron chi connectivity index (χ2n) is 8.99. The number of benzene rings is 3. The molecule has 6 nitrogen and oxygen atoms in total. The Bertz CT molecular complexity index is 1180. The number of anilines is 1. The molecule has 34 heavy (non-hydrogen) atoms. The lowest BCUT2D eigenvalue weighted by Crippen LogP contribution is -2.43. The average molecular weight is 458 g/mol. The lowest BCUT2D eigenvalue weighted by Gasteiger charge is -2.32. The van der Waals surface area contributed by atoms with Crippen LogP contribution in [-0.2, 0) is 17.8 Å². The van der Waals surface area contributed by atoms with Crippen molar-refractivity contribution in [3.8, 4) is 11.1 Å². The molecule has 1 aliphatic rings. The van der Waals surface area contributed by atoms with Crippen LogP contribution in [0, 0.1) is 6.92 Å². The minimum atomic E-state index is -0.935. The Morgan fingerprint density at radius 2 is 1.71 bits per heavy atom. The van der Waals surface area contributed by atoms with Gasteiger partial charge in [0.05, 0.1) is 6.42 Å². The number of aryl methyl sites for hydroxylation is 1. The van der Waals surface area contributed by atoms with Gasteiger partial charge in [0, 0.05) is 44.0 Å². The van der Waals surface area contributed by atoms with E-state index in [1.807, 2.05) is 18.2 Å². The summed E-state index contributed by atoms with van der Waals surface area (Å²) in [6, 6.07) is 21.1. The summed E-state index contributed by atoms with van der Waals surface area (Å²) < 4.78 is 0. The normalized spacial score (nSPS) is 14.6. The van der Waals surface area contributed by atoms with Gasteiger partial charge in [-0.05, 0) is 60.0 Å². The van der Waals surface area contributed by atoms with Crippen LogP contribution in [0.3, 0.4) is 0 Å². The summed E-state index contributed by atoms with van der Waals surface area (Å²) in [7, 11) is 2.17. The molecular weight excluding hydrogens is 426 g/mol. The standard InChI is InChI=1S/C28H31N3O3/c1-20-16-21(19-31-14-12-30(2)13-15-31)10-11-25(20)22-7-5-8-24(17-22)28(34)29-26-9-4-3-6-23(26)18-27(32)33/h3-11,16-17H,12-15,18-19H2,1-2H3,(H,29,34)(H,32,33). The minimum Gasteiger partial charge on any atom is -0.481 e. The molecule has 1 aliphatic heterocycles. The molecule has 3 aromatic rings. The maximum Gasteiger partial charge on any atom is 0.307 e. The van der Waals surface area contributed by atoms with Crippen molar-refractivity contribution in [2.45, 2.75) is 19.9 Å². The highest BCUT2D eigenvalue weighted by Crippen LogP contribution is 2.26. The summed E-state index contributed by atoms with van der Waals surface area (Å²) in [4.78, 5) is 28.9. The summed E-state index contributed by atoms with van der Waals surface area (Å²) in [6.45, 7) is 7.44. The predicted octanol–water partition coefficient (Wildman–Crippen LogP) is 4.29. The van der Waals surface area contributed by atoms with Crippen molar-refractivity contribution in [1.29, 1.82) is 0 Å². The monoisotopic (exact) mass is 457 g/mol. The Morgan fingerprint density at radius 3 is 2.44 bits per heavy atom. The van der Waals surface area contributed by atoms with Crippen LogP contribution in [-0.4, -0.2) is 60.0 Å². The molecule has 0 radical (unpaired) electrons. The number of carboxylic acids is 1. The number of likely N-dealkylation sites (N-methyl/N-ethyl adjacent to an activating group) is 1. The number of carbonyl (C=O) groups is 2. The summed E-state index contributed by atoms with van der Waals surface area (Å²) in [5.74, 6) is -1.20. The van der Waals surface area contributed by atoms with E-state index in [-0.39, 0.29) is 12.3 Å². The third kappa shape index (κ3) is 5.90. The van der Waals surface area contributed by atoms with Crippen molar-refractivity contribution in [3.63, 3.8) is 0 Å². The molecule has 4 rings (SSSR count). The maximum absolute atomic E-state index is 13.0. The van der Waals surface area contributed by atoms with E-state index in [2.05, 4.69) is 47.3 Å². The number of para-hydroxylation sites is 1. The molecule has 0 bridgehead atoms. The van der Waals surface area contributed by atoms with Crippen LogP contribution >= 0.6 is 0 Å². The summed E-state index contributed by atoms with van der Waals surface area (Å²) >= 11 is 0. The largest absolute Gasteiger partial charge is 0.481 e. The fraction of sp³-hybridized carbons (Fsp3) is 0.286. The van der Waals surface area contributed by atoms with E-state index in [4.69, 9.17) is 5.11 Å². The fourth-order valence-corrected chi connectivity index (χ4v) is 4.39. The third-order valence-corrected chi connectivity index (χ3v) is 6.34. The van der Waals surface area contributed by atoms with Gasteiger partial charge in [-0.15, -0.1) is 0 Å². The molecule has 2 N–H and O–H groups in total. The summed E-state index contributed by atoms with van der Waals surface area (Å²) in [5, 5.41) is 12.0. The molecule has 1 amide bonds. The van der Waals surface area contributed by atoms with Crippen LogP contribution in [0.1, 0.15) is 27.0 Å². The van der Waals surface area contributed by atoms with Crippen molar-refractivity contribution in [2.75, 3.05) is 38.5 Å². The van der Waals surface area contributed by atoms with E-state index < -0.39 is 5.97 Å². The Kier molecular flexibility index (Phi) is 7.40. The van der Waals surface area contributed by atoms with E-state index in [9.17, 15) is 9.59 Å². The highest BCUT2D eigenvalue weighted by Gasteiger charge is 2.15. The topological polar surface area (TPSA) is 72.9 Å². The lowest BCUT2D eigenvalue weighted by atomic mass is 9.96. The van der Waals surface area contributed by atoms with Crippen LogP contribution < -0.4 is 5.32 Å². The number of hydrogen-bond acceptors (Lipinski definition) is 4. The number of nitrogens with zero attached hydrogens (tertiary/aromatic N) is 2. The molecule has 0 unspecified atom stereocenters. The first-order valence-corrected chi connectivity index (χ1v) is 11.6. The molecule has 6 heteroatoms. The van der Waals surface area contributed by atoms with Crippen molar-refractivity contribution in [3.05, 3.63) is 89.0 Å². The second-order valence-corrected chi connectivity index (χ2v) is 8.99. The maximum atomic E-state index is 13.0. The first-order valence-electron chi connectivity index (χ1n) is 11.6. The predicted molar refractivity (Wildman–Crippen MR) is 135 cm³/mol. The number of rotatable bonds is 7. The molecule has 0 atom stereocenters. The van der Waals surface area contributed by atoms with E-state index in [1.54, 1.807) is 30.3 Å². The average Bonchev–Trinajstić information content (AvgIpc) is 2.82. The van der Waals surface area contributed by atoms with Crippen LogP contribution in [0.4, 0.5) is 5.69 Å². The van der Waals surface area contributed by atoms with Gasteiger partial charge >= 0.3 is 5.97 Å². The Hall–Kier alpha value is -3.48. The quantitative estimate of drug-likeness (QED) is 0.554. The smallest absolute Gasteiger partial charge is 0.307 e. The van der Waals surface area contributed by atoms with Crippen LogP contribution in [0.2, 0.25) is 0 Å².